The first-order valence-corrected chi connectivity index (χ1v) is 10.3. The van der Waals surface area contributed by atoms with Crippen LogP contribution in [-0.2, 0) is 23.0 Å². The summed E-state index contributed by atoms with van der Waals surface area (Å²) >= 11 is 0. The van der Waals surface area contributed by atoms with Crippen molar-refractivity contribution in [3.05, 3.63) is 59.4 Å². The van der Waals surface area contributed by atoms with Gasteiger partial charge in [-0.1, -0.05) is 13.0 Å². The van der Waals surface area contributed by atoms with Crippen molar-refractivity contribution in [2.45, 2.75) is 24.8 Å². The van der Waals surface area contributed by atoms with Crippen LogP contribution in [0.2, 0.25) is 0 Å². The highest BCUT2D eigenvalue weighted by Crippen LogP contribution is 2.24. The Bertz CT molecular complexity index is 908. The molecule has 1 aliphatic heterocycles. The average molecular weight is 389 g/mol. The lowest BCUT2D eigenvalue weighted by Gasteiger charge is -2.34. The van der Waals surface area contributed by atoms with E-state index >= 15 is 0 Å². The molecule has 0 spiro atoms. The zero-order valence-corrected chi connectivity index (χ0v) is 16.0. The van der Waals surface area contributed by atoms with Gasteiger partial charge in [-0.05, 0) is 41.8 Å². The van der Waals surface area contributed by atoms with Gasteiger partial charge in [0.25, 0.3) is 0 Å². The smallest absolute Gasteiger partial charge is 0.335 e. The van der Waals surface area contributed by atoms with E-state index in [1.807, 2.05) is 19.1 Å². The van der Waals surface area contributed by atoms with Crippen LogP contribution in [0.4, 0.5) is 0 Å². The topological polar surface area (TPSA) is 90.8 Å². The van der Waals surface area contributed by atoms with Crippen molar-refractivity contribution in [2.24, 2.45) is 0 Å². The Hall–Kier alpha value is -2.29. The number of hydrogen-bond acceptors (Lipinski definition) is 5. The van der Waals surface area contributed by atoms with Crippen LogP contribution in [0.3, 0.4) is 0 Å². The highest BCUT2D eigenvalue weighted by Gasteiger charge is 2.30. The van der Waals surface area contributed by atoms with Gasteiger partial charge in [-0.25, -0.2) is 13.2 Å². The molecule has 0 amide bonds. The third-order valence-electron chi connectivity index (χ3n) is 4.80. The van der Waals surface area contributed by atoms with Gasteiger partial charge < -0.3 is 5.11 Å². The molecule has 3 rings (SSSR count). The van der Waals surface area contributed by atoms with Gasteiger partial charge in [0.1, 0.15) is 0 Å². The van der Waals surface area contributed by atoms with Gasteiger partial charge in [0.05, 0.1) is 10.5 Å². The van der Waals surface area contributed by atoms with E-state index in [1.165, 1.54) is 16.4 Å². The second-order valence-corrected chi connectivity index (χ2v) is 8.42. The number of sulfonamides is 1. The van der Waals surface area contributed by atoms with E-state index in [9.17, 15) is 18.3 Å². The minimum absolute atomic E-state index is 0.0119. The normalized spacial score (nSPS) is 16.3. The summed E-state index contributed by atoms with van der Waals surface area (Å²) < 4.78 is 27.7. The summed E-state index contributed by atoms with van der Waals surface area (Å²) in [4.78, 5) is 17.6. The fraction of sp³-hybridized carbons (Fsp3) is 0.368. The van der Waals surface area contributed by atoms with Crippen LogP contribution in [-0.4, -0.2) is 59.9 Å². The quantitative estimate of drug-likeness (QED) is 0.811. The minimum Gasteiger partial charge on any atom is -0.478 e. The van der Waals surface area contributed by atoms with Crippen LogP contribution in [0.5, 0.6) is 0 Å². The minimum atomic E-state index is -3.72. The number of hydrogen-bond donors (Lipinski definition) is 1. The highest BCUT2D eigenvalue weighted by molar-refractivity contribution is 7.89. The van der Waals surface area contributed by atoms with Gasteiger partial charge >= 0.3 is 5.97 Å². The SMILES string of the molecule is CCc1ccc(C(=O)O)cc1S(=O)(=O)N1CCN(Cc2ccncc2)CC1. The van der Waals surface area contributed by atoms with Gasteiger partial charge in [0.15, 0.2) is 0 Å². The molecule has 0 aliphatic carbocycles. The standard InChI is InChI=1S/C19H23N3O4S/c1-2-16-3-4-17(19(23)24)13-18(16)27(25,26)22-11-9-21(10-12-22)14-15-5-7-20-8-6-15/h3-8,13H,2,9-12,14H2,1H3,(H,23,24). The molecule has 0 radical (unpaired) electrons. The predicted molar refractivity (Wildman–Crippen MR) is 101 cm³/mol. The van der Waals surface area contributed by atoms with Gasteiger partial charge in [-0.2, -0.15) is 4.31 Å². The lowest BCUT2D eigenvalue weighted by molar-refractivity contribution is 0.0696. The third-order valence-corrected chi connectivity index (χ3v) is 6.78. The number of aromatic nitrogens is 1. The van der Waals surface area contributed by atoms with Crippen LogP contribution in [0.15, 0.2) is 47.6 Å². The van der Waals surface area contributed by atoms with Gasteiger partial charge in [-0.3, -0.25) is 9.88 Å². The van der Waals surface area contributed by atoms with E-state index in [0.717, 1.165) is 12.1 Å². The van der Waals surface area contributed by atoms with Crippen LogP contribution in [0, 0.1) is 0 Å². The highest BCUT2D eigenvalue weighted by atomic mass is 32.2. The monoisotopic (exact) mass is 389 g/mol. The van der Waals surface area contributed by atoms with E-state index in [1.54, 1.807) is 18.5 Å². The summed E-state index contributed by atoms with van der Waals surface area (Å²) in [6, 6.07) is 8.23. The summed E-state index contributed by atoms with van der Waals surface area (Å²) in [5.74, 6) is -1.13. The van der Waals surface area contributed by atoms with Crippen molar-refractivity contribution in [3.63, 3.8) is 0 Å². The van der Waals surface area contributed by atoms with E-state index < -0.39 is 16.0 Å². The number of nitrogens with zero attached hydrogens (tertiary/aromatic N) is 3. The number of carboxylic acid groups (broad SMARTS) is 1. The lowest BCUT2D eigenvalue weighted by atomic mass is 10.1. The van der Waals surface area contributed by atoms with Crippen molar-refractivity contribution in [2.75, 3.05) is 26.2 Å². The summed E-state index contributed by atoms with van der Waals surface area (Å²) in [5, 5.41) is 9.20. The number of benzene rings is 1. The van der Waals surface area contributed by atoms with Crippen LogP contribution in [0.1, 0.15) is 28.4 Å². The maximum absolute atomic E-state index is 13.1. The first-order chi connectivity index (χ1) is 12.9. The number of piperazine rings is 1. The molecule has 27 heavy (non-hydrogen) atoms. The molecule has 2 heterocycles. The molecular formula is C19H23N3O4S. The van der Waals surface area contributed by atoms with Crippen molar-refractivity contribution in [3.8, 4) is 0 Å². The van der Waals surface area contributed by atoms with E-state index in [4.69, 9.17) is 0 Å². The number of rotatable bonds is 6. The lowest BCUT2D eigenvalue weighted by Crippen LogP contribution is -2.48. The Morgan fingerprint density at radius 1 is 1.11 bits per heavy atom. The Kier molecular flexibility index (Phi) is 5.88. The van der Waals surface area contributed by atoms with Crippen LogP contribution in [0.25, 0.3) is 0 Å². The number of carboxylic acids is 1. The number of aryl methyl sites for hydroxylation is 1. The van der Waals surface area contributed by atoms with E-state index in [-0.39, 0.29) is 10.5 Å². The number of aromatic carboxylic acids is 1. The molecule has 7 nitrogen and oxygen atoms in total. The Morgan fingerprint density at radius 2 is 1.78 bits per heavy atom. The van der Waals surface area contributed by atoms with Gasteiger partial charge in [-0.15, -0.1) is 0 Å². The largest absolute Gasteiger partial charge is 0.478 e. The number of carbonyl (C=O) groups is 1. The molecule has 1 fully saturated rings. The zero-order chi connectivity index (χ0) is 19.4. The molecule has 1 aromatic carbocycles. The molecule has 2 aromatic rings. The van der Waals surface area contributed by atoms with Crippen molar-refractivity contribution in [1.29, 1.82) is 0 Å². The first-order valence-electron chi connectivity index (χ1n) is 8.89. The zero-order valence-electron chi connectivity index (χ0n) is 15.2. The molecule has 144 valence electrons. The molecule has 0 saturated carbocycles. The van der Waals surface area contributed by atoms with Crippen LogP contribution < -0.4 is 0 Å². The van der Waals surface area contributed by atoms with Gasteiger partial charge in [0, 0.05) is 45.1 Å². The summed E-state index contributed by atoms with van der Waals surface area (Å²) in [7, 11) is -3.72. The maximum Gasteiger partial charge on any atom is 0.335 e. The molecule has 1 N–H and O–H groups in total. The molecular weight excluding hydrogens is 366 g/mol. The van der Waals surface area contributed by atoms with Crippen molar-refractivity contribution >= 4 is 16.0 Å². The molecule has 0 unspecified atom stereocenters. The summed E-state index contributed by atoms with van der Waals surface area (Å²) in [6.45, 7) is 4.64. The van der Waals surface area contributed by atoms with Crippen molar-refractivity contribution in [1.82, 2.24) is 14.2 Å². The third kappa shape index (κ3) is 4.35. The Balaban J connectivity index is 1.75. The van der Waals surface area contributed by atoms with Crippen molar-refractivity contribution < 1.29 is 18.3 Å². The molecule has 1 aromatic heterocycles. The average Bonchev–Trinajstić information content (AvgIpc) is 2.68. The second-order valence-electron chi connectivity index (χ2n) is 6.52. The summed E-state index contributed by atoms with van der Waals surface area (Å²) in [5.41, 5.74) is 1.77. The fourth-order valence-electron chi connectivity index (χ4n) is 3.23. The van der Waals surface area contributed by atoms with Gasteiger partial charge in [0.2, 0.25) is 10.0 Å². The van der Waals surface area contributed by atoms with Crippen LogP contribution >= 0.6 is 0 Å². The Morgan fingerprint density at radius 3 is 2.37 bits per heavy atom. The van der Waals surface area contributed by atoms with E-state index in [2.05, 4.69) is 9.88 Å². The summed E-state index contributed by atoms with van der Waals surface area (Å²) in [6.07, 6.45) is 4.02. The fourth-order valence-corrected chi connectivity index (χ4v) is 4.98. The maximum atomic E-state index is 13.1. The number of pyridine rings is 1. The predicted octanol–water partition coefficient (Wildman–Crippen LogP) is 1.85. The molecule has 1 aliphatic rings. The second kappa shape index (κ2) is 8.16. The van der Waals surface area contributed by atoms with E-state index in [0.29, 0.717) is 38.2 Å². The molecule has 8 heteroatoms. The first kappa shape index (κ1) is 19.5. The molecule has 1 saturated heterocycles. The Labute approximate surface area is 159 Å². The molecule has 0 bridgehead atoms. The molecule has 0 atom stereocenters.